The summed E-state index contributed by atoms with van der Waals surface area (Å²) in [6.07, 6.45) is 3.52. The van der Waals surface area contributed by atoms with Crippen LogP contribution >= 0.6 is 0 Å². The molecule has 0 bridgehead atoms. The summed E-state index contributed by atoms with van der Waals surface area (Å²) in [5.74, 6) is 1.36. The van der Waals surface area contributed by atoms with Crippen molar-refractivity contribution in [2.24, 2.45) is 4.99 Å². The van der Waals surface area contributed by atoms with Gasteiger partial charge in [0.15, 0.2) is 5.96 Å². The number of hydrogen-bond acceptors (Lipinski definition) is 5. The van der Waals surface area contributed by atoms with Crippen LogP contribution in [0.3, 0.4) is 0 Å². The van der Waals surface area contributed by atoms with Crippen LogP contribution in [0.1, 0.15) is 5.56 Å². The predicted molar refractivity (Wildman–Crippen MR) is 107 cm³/mol. The highest BCUT2D eigenvalue weighted by Crippen LogP contribution is 2.18. The summed E-state index contributed by atoms with van der Waals surface area (Å²) in [6.45, 7) is 3.84. The average Bonchev–Trinajstić information content (AvgIpc) is 2.69. The van der Waals surface area contributed by atoms with Gasteiger partial charge >= 0.3 is 0 Å². The fraction of sp³-hybridized carbons (Fsp3) is 0.421. The molecule has 0 unspecified atom stereocenters. The van der Waals surface area contributed by atoms with Crippen molar-refractivity contribution in [2.75, 3.05) is 57.1 Å². The van der Waals surface area contributed by atoms with Gasteiger partial charge in [0.05, 0.1) is 5.69 Å². The molecule has 0 amide bonds. The Bertz CT molecular complexity index is 771. The summed E-state index contributed by atoms with van der Waals surface area (Å²) in [4.78, 5) is 19.1. The maximum Gasteiger partial charge on any atom is 0.225 e. The number of aromatic nitrogens is 2. The van der Waals surface area contributed by atoms with Gasteiger partial charge in [0.25, 0.3) is 0 Å². The van der Waals surface area contributed by atoms with Gasteiger partial charge in [-0.05, 0) is 23.8 Å². The maximum atomic E-state index is 14.1. The number of hydrogen-bond donors (Lipinski definition) is 1. The minimum atomic E-state index is -0.217. The Kier molecular flexibility index (Phi) is 6.05. The van der Waals surface area contributed by atoms with Gasteiger partial charge < -0.3 is 20.0 Å². The van der Waals surface area contributed by atoms with Crippen molar-refractivity contribution < 1.29 is 4.39 Å². The Morgan fingerprint density at radius 2 is 1.89 bits per heavy atom. The Morgan fingerprint density at radius 1 is 1.19 bits per heavy atom. The molecule has 3 rings (SSSR count). The van der Waals surface area contributed by atoms with E-state index in [0.717, 1.165) is 43.7 Å². The second-order valence-electron chi connectivity index (χ2n) is 6.60. The molecule has 27 heavy (non-hydrogen) atoms. The highest BCUT2D eigenvalue weighted by Gasteiger charge is 2.21. The lowest BCUT2D eigenvalue weighted by molar-refractivity contribution is 0.370. The van der Waals surface area contributed by atoms with Crippen molar-refractivity contribution in [3.8, 4) is 0 Å². The molecule has 1 aromatic carbocycles. The third kappa shape index (κ3) is 4.64. The van der Waals surface area contributed by atoms with Crippen molar-refractivity contribution in [1.82, 2.24) is 20.2 Å². The van der Waals surface area contributed by atoms with E-state index in [0.29, 0.717) is 12.2 Å². The number of halogens is 1. The molecule has 0 spiro atoms. The van der Waals surface area contributed by atoms with Crippen LogP contribution in [0.2, 0.25) is 0 Å². The smallest absolute Gasteiger partial charge is 0.225 e. The quantitative estimate of drug-likeness (QED) is 0.651. The predicted octanol–water partition coefficient (Wildman–Crippen LogP) is 1.58. The molecule has 0 atom stereocenters. The fourth-order valence-corrected chi connectivity index (χ4v) is 3.11. The highest BCUT2D eigenvalue weighted by atomic mass is 19.1. The molecule has 1 aliphatic rings. The number of nitrogens with zero attached hydrogens (tertiary/aromatic N) is 6. The van der Waals surface area contributed by atoms with Crippen LogP contribution in [0, 0.1) is 5.82 Å². The first kappa shape index (κ1) is 18.9. The zero-order valence-corrected chi connectivity index (χ0v) is 16.1. The van der Waals surface area contributed by atoms with Gasteiger partial charge in [0.2, 0.25) is 5.95 Å². The molecule has 1 saturated heterocycles. The zero-order valence-electron chi connectivity index (χ0n) is 16.1. The third-order valence-electron chi connectivity index (χ3n) is 4.57. The molecule has 144 valence electrons. The van der Waals surface area contributed by atoms with E-state index < -0.39 is 0 Å². The van der Waals surface area contributed by atoms with E-state index in [9.17, 15) is 4.39 Å². The summed E-state index contributed by atoms with van der Waals surface area (Å²) in [5, 5.41) is 3.33. The summed E-state index contributed by atoms with van der Waals surface area (Å²) in [5.41, 5.74) is 1.47. The van der Waals surface area contributed by atoms with Gasteiger partial charge in [-0.2, -0.15) is 0 Å². The van der Waals surface area contributed by atoms with E-state index >= 15 is 0 Å². The van der Waals surface area contributed by atoms with Crippen LogP contribution in [0.4, 0.5) is 16.0 Å². The molecule has 2 heterocycles. The molecule has 1 aromatic heterocycles. The van der Waals surface area contributed by atoms with Gasteiger partial charge in [0.1, 0.15) is 5.82 Å². The van der Waals surface area contributed by atoms with Gasteiger partial charge in [-0.25, -0.2) is 14.4 Å². The van der Waals surface area contributed by atoms with Crippen LogP contribution in [-0.4, -0.2) is 68.1 Å². The molecule has 8 heteroatoms. The van der Waals surface area contributed by atoms with Crippen molar-refractivity contribution in [2.45, 2.75) is 6.54 Å². The van der Waals surface area contributed by atoms with Crippen molar-refractivity contribution in [3.05, 3.63) is 48.0 Å². The summed E-state index contributed by atoms with van der Waals surface area (Å²) >= 11 is 0. The van der Waals surface area contributed by atoms with E-state index in [1.807, 2.05) is 26.2 Å². The first-order valence-corrected chi connectivity index (χ1v) is 9.02. The van der Waals surface area contributed by atoms with E-state index in [4.69, 9.17) is 0 Å². The third-order valence-corrected chi connectivity index (χ3v) is 4.57. The SMILES string of the molecule is CN=C(NCc1ccc(N(C)C)c(F)c1)N1CCN(c2ncccn2)CC1. The number of aliphatic imine (C=N–C) groups is 1. The normalized spacial score (nSPS) is 15.0. The molecule has 1 N–H and O–H groups in total. The lowest BCUT2D eigenvalue weighted by Gasteiger charge is -2.36. The number of anilines is 2. The average molecular weight is 371 g/mol. The highest BCUT2D eigenvalue weighted by molar-refractivity contribution is 5.80. The molecule has 0 aliphatic carbocycles. The van der Waals surface area contributed by atoms with Crippen molar-refractivity contribution >= 4 is 17.6 Å². The zero-order chi connectivity index (χ0) is 19.2. The number of rotatable bonds is 4. The topological polar surface area (TPSA) is 59.9 Å². The largest absolute Gasteiger partial charge is 0.375 e. The summed E-state index contributed by atoms with van der Waals surface area (Å²) in [6, 6.07) is 7.12. The van der Waals surface area contributed by atoms with Gasteiger partial charge in [0, 0.05) is 66.3 Å². The molecule has 0 saturated carbocycles. The monoisotopic (exact) mass is 371 g/mol. The van der Waals surface area contributed by atoms with Crippen LogP contribution in [0.25, 0.3) is 0 Å². The van der Waals surface area contributed by atoms with E-state index in [-0.39, 0.29) is 5.82 Å². The van der Waals surface area contributed by atoms with Crippen LogP contribution in [0.5, 0.6) is 0 Å². The standard InChI is InChI=1S/C19H26FN7/c1-21-18(24-14-15-5-6-17(25(2)3)16(20)13-15)26-9-11-27(12-10-26)19-22-7-4-8-23-19/h4-8,13H,9-12,14H2,1-3H3,(H,21,24). The molecular weight excluding hydrogens is 345 g/mol. The van der Waals surface area contributed by atoms with E-state index in [1.54, 1.807) is 36.5 Å². The molecule has 0 radical (unpaired) electrons. The second kappa shape index (κ2) is 8.66. The summed E-state index contributed by atoms with van der Waals surface area (Å²) < 4.78 is 14.1. The fourth-order valence-electron chi connectivity index (χ4n) is 3.11. The molecule has 1 fully saturated rings. The minimum Gasteiger partial charge on any atom is -0.375 e. The minimum absolute atomic E-state index is 0.217. The van der Waals surface area contributed by atoms with Gasteiger partial charge in [-0.3, -0.25) is 4.99 Å². The molecular formula is C19H26FN7. The van der Waals surface area contributed by atoms with Crippen molar-refractivity contribution in [3.63, 3.8) is 0 Å². The molecule has 1 aliphatic heterocycles. The molecule has 7 nitrogen and oxygen atoms in total. The maximum absolute atomic E-state index is 14.1. The van der Waals surface area contributed by atoms with Crippen LogP contribution in [0.15, 0.2) is 41.7 Å². The summed E-state index contributed by atoms with van der Waals surface area (Å²) in [7, 11) is 5.43. The first-order chi connectivity index (χ1) is 13.1. The Labute approximate surface area is 159 Å². The Balaban J connectivity index is 1.55. The van der Waals surface area contributed by atoms with Crippen LogP contribution < -0.4 is 15.1 Å². The second-order valence-corrected chi connectivity index (χ2v) is 6.60. The van der Waals surface area contributed by atoms with E-state index in [2.05, 4.69) is 30.1 Å². The van der Waals surface area contributed by atoms with Gasteiger partial charge in [-0.1, -0.05) is 6.07 Å². The Morgan fingerprint density at radius 3 is 2.48 bits per heavy atom. The Hall–Kier alpha value is -2.90. The molecule has 2 aromatic rings. The number of benzene rings is 1. The van der Waals surface area contributed by atoms with Crippen LogP contribution in [-0.2, 0) is 6.54 Å². The van der Waals surface area contributed by atoms with Crippen molar-refractivity contribution in [1.29, 1.82) is 0 Å². The lowest BCUT2D eigenvalue weighted by atomic mass is 10.2. The first-order valence-electron chi connectivity index (χ1n) is 9.02. The number of nitrogens with one attached hydrogen (secondary N) is 1. The number of piperazine rings is 1. The lowest BCUT2D eigenvalue weighted by Crippen LogP contribution is -2.52. The van der Waals surface area contributed by atoms with E-state index in [1.165, 1.54) is 0 Å². The van der Waals surface area contributed by atoms with Gasteiger partial charge in [-0.15, -0.1) is 0 Å². The number of guanidine groups is 1.